The monoisotopic (exact) mass is 499 g/mol. The zero-order valence-corrected chi connectivity index (χ0v) is 18.8. The van der Waals surface area contributed by atoms with Crippen LogP contribution in [0.2, 0.25) is 0 Å². The molecule has 1 atom stereocenters. The average Bonchev–Trinajstić information content (AvgIpc) is 3.07. The Bertz CT molecular complexity index is 1110. The number of benzene rings is 2. The Labute approximate surface area is 196 Å². The highest BCUT2D eigenvalue weighted by Gasteiger charge is 2.68. The summed E-state index contributed by atoms with van der Waals surface area (Å²) < 4.78 is 70.7. The summed E-state index contributed by atoms with van der Waals surface area (Å²) in [7, 11) is 3.79. The van der Waals surface area contributed by atoms with Gasteiger partial charge >= 0.3 is 12.2 Å². The summed E-state index contributed by atoms with van der Waals surface area (Å²) in [4.78, 5) is 38.4. The highest BCUT2D eigenvalue weighted by molar-refractivity contribution is 6.10. The molecule has 0 aliphatic carbocycles. The number of amides is 4. The van der Waals surface area contributed by atoms with Crippen LogP contribution < -0.4 is 24.8 Å². The first-order chi connectivity index (χ1) is 16.5. The predicted molar refractivity (Wildman–Crippen MR) is 113 cm³/mol. The molecule has 1 aliphatic rings. The number of imide groups is 1. The molecule has 1 fully saturated rings. The van der Waals surface area contributed by atoms with E-state index in [9.17, 15) is 31.9 Å². The van der Waals surface area contributed by atoms with E-state index < -0.39 is 42.0 Å². The first-order valence-electron chi connectivity index (χ1n) is 10.0. The number of rotatable bonds is 8. The lowest BCUT2D eigenvalue weighted by Gasteiger charge is -2.30. The normalized spacial score (nSPS) is 17.7. The van der Waals surface area contributed by atoms with Crippen molar-refractivity contribution in [2.75, 3.05) is 27.9 Å². The van der Waals surface area contributed by atoms with Crippen molar-refractivity contribution in [1.82, 2.24) is 15.5 Å². The molecule has 2 N–H and O–H groups in total. The second kappa shape index (κ2) is 9.68. The molecule has 1 unspecified atom stereocenters. The number of hydrogen-bond acceptors (Lipinski definition) is 6. The maximum absolute atomic E-state index is 14.1. The summed E-state index contributed by atoms with van der Waals surface area (Å²) >= 11 is 0. The molecule has 0 saturated carbocycles. The minimum Gasteiger partial charge on any atom is -0.493 e. The molecule has 1 heterocycles. The summed E-state index contributed by atoms with van der Waals surface area (Å²) in [5.41, 5.74) is -3.57. The Kier molecular flexibility index (Phi) is 7.08. The van der Waals surface area contributed by atoms with E-state index in [1.807, 2.05) is 0 Å². The first kappa shape index (κ1) is 25.6. The van der Waals surface area contributed by atoms with Crippen LogP contribution >= 0.6 is 0 Å². The zero-order valence-electron chi connectivity index (χ0n) is 18.8. The maximum atomic E-state index is 14.1. The van der Waals surface area contributed by atoms with Crippen LogP contribution in [0, 0.1) is 5.82 Å². The number of carbonyl (C=O) groups excluding carboxylic acids is 3. The van der Waals surface area contributed by atoms with Crippen LogP contribution in [0.4, 0.5) is 22.4 Å². The standard InChI is InChI=1S/C22H21F4N3O6/c1-33-15-10-13(11-16(34-2)17(15)35-3)18(30)27-21(22(24,25)26)19(31)29(20(32)28-21)9-8-12-4-6-14(23)7-5-12/h4-7,10-11H,8-9H2,1-3H3,(H,27,30)(H,28,32). The van der Waals surface area contributed by atoms with E-state index >= 15 is 0 Å². The van der Waals surface area contributed by atoms with Gasteiger partial charge in [-0.15, -0.1) is 0 Å². The van der Waals surface area contributed by atoms with Gasteiger partial charge in [-0.1, -0.05) is 12.1 Å². The van der Waals surface area contributed by atoms with E-state index in [0.717, 1.165) is 24.3 Å². The number of alkyl halides is 3. The van der Waals surface area contributed by atoms with Gasteiger partial charge in [-0.25, -0.2) is 9.18 Å². The van der Waals surface area contributed by atoms with Crippen molar-refractivity contribution in [1.29, 1.82) is 0 Å². The summed E-state index contributed by atoms with van der Waals surface area (Å²) in [5, 5.41) is 3.18. The van der Waals surface area contributed by atoms with Gasteiger partial charge in [0.1, 0.15) is 5.82 Å². The van der Waals surface area contributed by atoms with E-state index in [2.05, 4.69) is 0 Å². The molecule has 9 nitrogen and oxygen atoms in total. The quantitative estimate of drug-likeness (QED) is 0.428. The molecular formula is C22H21F4N3O6. The second-order valence-corrected chi connectivity index (χ2v) is 7.38. The molecule has 0 radical (unpaired) electrons. The number of hydrogen-bond donors (Lipinski definition) is 2. The molecule has 2 aromatic carbocycles. The summed E-state index contributed by atoms with van der Waals surface area (Å²) in [6.07, 6.45) is -5.42. The smallest absolute Gasteiger partial charge is 0.440 e. The number of methoxy groups -OCH3 is 3. The van der Waals surface area contributed by atoms with E-state index in [-0.39, 0.29) is 29.2 Å². The van der Waals surface area contributed by atoms with Gasteiger partial charge < -0.3 is 19.5 Å². The maximum Gasteiger partial charge on any atom is 0.440 e. The van der Waals surface area contributed by atoms with Gasteiger partial charge in [0.2, 0.25) is 5.75 Å². The molecule has 0 spiro atoms. The van der Waals surface area contributed by atoms with E-state index in [1.165, 1.54) is 33.5 Å². The fourth-order valence-corrected chi connectivity index (χ4v) is 3.47. The first-order valence-corrected chi connectivity index (χ1v) is 10.0. The van der Waals surface area contributed by atoms with Crippen LogP contribution in [0.3, 0.4) is 0 Å². The van der Waals surface area contributed by atoms with Gasteiger partial charge in [-0.2, -0.15) is 13.2 Å². The van der Waals surface area contributed by atoms with Crippen LogP contribution in [0.1, 0.15) is 15.9 Å². The molecule has 3 rings (SSSR count). The van der Waals surface area contributed by atoms with Gasteiger partial charge in [0.25, 0.3) is 17.5 Å². The molecule has 13 heteroatoms. The minimum absolute atomic E-state index is 0.0132. The van der Waals surface area contributed by atoms with Crippen molar-refractivity contribution < 1.29 is 46.2 Å². The Morgan fingerprint density at radius 3 is 2.09 bits per heavy atom. The lowest BCUT2D eigenvalue weighted by Crippen LogP contribution is -2.69. The molecule has 1 saturated heterocycles. The van der Waals surface area contributed by atoms with Gasteiger partial charge in [-0.05, 0) is 36.2 Å². The molecule has 0 bridgehead atoms. The number of carbonyl (C=O) groups is 3. The second-order valence-electron chi connectivity index (χ2n) is 7.38. The predicted octanol–water partition coefficient (Wildman–Crippen LogP) is 2.63. The largest absolute Gasteiger partial charge is 0.493 e. The third kappa shape index (κ3) is 4.79. The van der Waals surface area contributed by atoms with Crippen LogP contribution in [0.15, 0.2) is 36.4 Å². The molecule has 188 valence electrons. The summed E-state index contributed by atoms with van der Waals surface area (Å²) in [6, 6.07) is 5.86. The van der Waals surface area contributed by atoms with Crippen LogP contribution in [-0.2, 0) is 11.2 Å². The number of halogens is 4. The molecule has 1 aliphatic heterocycles. The van der Waals surface area contributed by atoms with Crippen LogP contribution in [-0.4, -0.2) is 62.5 Å². The number of ether oxygens (including phenoxy) is 3. The molecule has 0 aromatic heterocycles. The summed E-state index contributed by atoms with van der Waals surface area (Å²) in [6.45, 7) is -0.436. The summed E-state index contributed by atoms with van der Waals surface area (Å²) in [5.74, 6) is -3.50. The Morgan fingerprint density at radius 2 is 1.60 bits per heavy atom. The van der Waals surface area contributed by atoms with E-state index in [0.29, 0.717) is 10.5 Å². The minimum atomic E-state index is -5.39. The lowest BCUT2D eigenvalue weighted by molar-refractivity contribution is -0.200. The van der Waals surface area contributed by atoms with Crippen molar-refractivity contribution in [2.24, 2.45) is 0 Å². The fraction of sp³-hybridized carbons (Fsp3) is 0.318. The van der Waals surface area contributed by atoms with Gasteiger partial charge in [0, 0.05) is 12.1 Å². The SMILES string of the molecule is COc1cc(C(=O)NC2(C(F)(F)F)NC(=O)N(CCc3ccc(F)cc3)C2=O)cc(OC)c1OC. The van der Waals surface area contributed by atoms with Crippen LogP contribution in [0.5, 0.6) is 17.2 Å². The highest BCUT2D eigenvalue weighted by Crippen LogP contribution is 2.39. The van der Waals surface area contributed by atoms with Gasteiger partial charge in [0.15, 0.2) is 11.5 Å². The lowest BCUT2D eigenvalue weighted by atomic mass is 10.1. The molecule has 4 amide bonds. The topological polar surface area (TPSA) is 106 Å². The van der Waals surface area contributed by atoms with Gasteiger partial charge in [0.05, 0.1) is 21.3 Å². The number of nitrogens with one attached hydrogen (secondary N) is 2. The molecular weight excluding hydrogens is 478 g/mol. The third-order valence-corrected chi connectivity index (χ3v) is 5.30. The van der Waals surface area contributed by atoms with Crippen molar-refractivity contribution in [3.63, 3.8) is 0 Å². The Morgan fingerprint density at radius 1 is 1.03 bits per heavy atom. The average molecular weight is 499 g/mol. The van der Waals surface area contributed by atoms with Crippen molar-refractivity contribution >= 4 is 17.8 Å². The fourth-order valence-electron chi connectivity index (χ4n) is 3.47. The third-order valence-electron chi connectivity index (χ3n) is 5.30. The molecule has 2 aromatic rings. The van der Waals surface area contributed by atoms with Gasteiger partial charge in [-0.3, -0.25) is 19.8 Å². The Balaban J connectivity index is 1.90. The van der Waals surface area contributed by atoms with E-state index in [4.69, 9.17) is 14.2 Å². The van der Waals surface area contributed by atoms with Crippen molar-refractivity contribution in [2.45, 2.75) is 18.3 Å². The van der Waals surface area contributed by atoms with Crippen molar-refractivity contribution in [3.05, 3.63) is 53.3 Å². The van der Waals surface area contributed by atoms with Crippen molar-refractivity contribution in [3.8, 4) is 17.2 Å². The van der Waals surface area contributed by atoms with E-state index in [1.54, 1.807) is 10.6 Å². The van der Waals surface area contributed by atoms with Crippen LogP contribution in [0.25, 0.3) is 0 Å². The number of nitrogens with zero attached hydrogens (tertiary/aromatic N) is 1. The molecule has 35 heavy (non-hydrogen) atoms. The zero-order chi connectivity index (χ0) is 26.0. The number of urea groups is 1. The Hall–Kier alpha value is -4.03. The highest BCUT2D eigenvalue weighted by atomic mass is 19.4.